The molecule has 5 aliphatic carbocycles. The Morgan fingerprint density at radius 2 is 1.64 bits per heavy atom. The van der Waals surface area contributed by atoms with E-state index in [2.05, 4.69) is 72.7 Å². The molecule has 1 heterocycles. The average Bonchev–Trinajstić information content (AvgIpc) is 3.45. The molecular weight excluding hydrogens is 480 g/mol. The fourth-order valence-electron chi connectivity index (χ4n) is 12.9. The number of para-hydroxylation sites is 1. The highest BCUT2D eigenvalue weighted by molar-refractivity contribution is 5.83. The Labute approximate surface area is 235 Å². The second-order valence-electron chi connectivity index (χ2n) is 16.4. The first-order chi connectivity index (χ1) is 18.3. The predicted octanol–water partition coefficient (Wildman–Crippen LogP) is 9.27. The molecule has 7 rings (SSSR count). The fraction of sp³-hybridized carbons (Fsp3) is 0.750. The standard InChI is InChI=1S/C36H50O3/c1-21(2)22-14-17-36(31(37)38)19-18-34(6)25(29(22)36)12-13-28-33(5)20-24-23-10-8-9-11-26(23)39-30(24)32(3,4)27(33)15-16-35(28,34)7/h8-11,21-22,25,27-29H,12-20H2,1-7H3,(H,37,38)/t22-,25+,27-,28+,29+,33-,34+,35+,36-/m0/s1. The van der Waals surface area contributed by atoms with E-state index in [4.69, 9.17) is 4.42 Å². The molecule has 3 heteroatoms. The van der Waals surface area contributed by atoms with Crippen LogP contribution in [0.4, 0.5) is 0 Å². The lowest BCUT2D eigenvalue weighted by molar-refractivity contribution is -0.230. The summed E-state index contributed by atoms with van der Waals surface area (Å²) >= 11 is 0. The molecular formula is C36H50O3. The third-order valence-electron chi connectivity index (χ3n) is 14.7. The quantitative estimate of drug-likeness (QED) is 0.421. The molecule has 39 heavy (non-hydrogen) atoms. The highest BCUT2D eigenvalue weighted by Gasteiger charge is 2.72. The lowest BCUT2D eigenvalue weighted by Crippen LogP contribution is -2.66. The molecule has 212 valence electrons. The average molecular weight is 531 g/mol. The summed E-state index contributed by atoms with van der Waals surface area (Å²) < 4.78 is 6.63. The molecule has 0 aliphatic heterocycles. The van der Waals surface area contributed by atoms with Crippen molar-refractivity contribution in [3.05, 3.63) is 35.6 Å². The van der Waals surface area contributed by atoms with E-state index in [1.165, 1.54) is 42.4 Å². The van der Waals surface area contributed by atoms with Crippen LogP contribution < -0.4 is 0 Å². The van der Waals surface area contributed by atoms with Crippen molar-refractivity contribution in [2.24, 2.45) is 57.2 Å². The summed E-state index contributed by atoms with van der Waals surface area (Å²) in [5.74, 6) is 3.98. The van der Waals surface area contributed by atoms with E-state index in [1.54, 1.807) is 0 Å². The van der Waals surface area contributed by atoms with Crippen molar-refractivity contribution in [2.45, 2.75) is 112 Å². The van der Waals surface area contributed by atoms with Crippen LogP contribution >= 0.6 is 0 Å². The highest BCUT2D eigenvalue weighted by atomic mass is 16.4. The Hall–Kier alpha value is -1.77. The molecule has 4 saturated carbocycles. The summed E-state index contributed by atoms with van der Waals surface area (Å²) in [7, 11) is 0. The van der Waals surface area contributed by atoms with Gasteiger partial charge in [-0.3, -0.25) is 4.79 Å². The molecule has 0 amide bonds. The van der Waals surface area contributed by atoms with Crippen molar-refractivity contribution >= 4 is 16.9 Å². The second-order valence-corrected chi connectivity index (χ2v) is 16.4. The van der Waals surface area contributed by atoms with Gasteiger partial charge in [0, 0.05) is 16.4 Å². The maximum absolute atomic E-state index is 13.0. The smallest absolute Gasteiger partial charge is 0.309 e. The number of rotatable bonds is 2. The van der Waals surface area contributed by atoms with Crippen LogP contribution in [0.2, 0.25) is 0 Å². The number of carbonyl (C=O) groups is 1. The van der Waals surface area contributed by atoms with Crippen LogP contribution in [0, 0.1) is 57.2 Å². The second kappa shape index (κ2) is 7.95. The molecule has 3 nitrogen and oxygen atoms in total. The van der Waals surface area contributed by atoms with Crippen molar-refractivity contribution in [3.63, 3.8) is 0 Å². The number of carboxylic acids is 1. The normalized spacial score (nSPS) is 46.2. The molecule has 5 aliphatic rings. The molecule has 9 atom stereocenters. The van der Waals surface area contributed by atoms with Crippen LogP contribution in [0.15, 0.2) is 28.7 Å². The minimum absolute atomic E-state index is 0.0135. The monoisotopic (exact) mass is 530 g/mol. The number of furan rings is 1. The minimum Gasteiger partial charge on any atom is -0.481 e. The lowest BCUT2D eigenvalue weighted by Gasteiger charge is -2.72. The van der Waals surface area contributed by atoms with Crippen LogP contribution in [-0.4, -0.2) is 11.1 Å². The first-order valence-electron chi connectivity index (χ1n) is 16.1. The number of hydrogen-bond acceptors (Lipinski definition) is 2. The SMILES string of the molecule is CC(C)[C@@H]1CC[C@]2(C(=O)O)CC[C@]3(C)[C@H](CC[C@@H]4[C@@]5(C)Cc6c(oc7ccccc67)C(C)(C)[C@@H]5CC[C@]43C)[C@@H]12. The van der Waals surface area contributed by atoms with E-state index in [9.17, 15) is 9.90 Å². The van der Waals surface area contributed by atoms with Gasteiger partial charge in [0.25, 0.3) is 0 Å². The van der Waals surface area contributed by atoms with E-state index in [-0.39, 0.29) is 21.7 Å². The van der Waals surface area contributed by atoms with Crippen molar-refractivity contribution < 1.29 is 14.3 Å². The zero-order valence-electron chi connectivity index (χ0n) is 25.4. The van der Waals surface area contributed by atoms with Gasteiger partial charge < -0.3 is 9.52 Å². The maximum Gasteiger partial charge on any atom is 0.309 e. The zero-order valence-corrected chi connectivity index (χ0v) is 25.4. The lowest BCUT2D eigenvalue weighted by atomic mass is 9.32. The van der Waals surface area contributed by atoms with Gasteiger partial charge in [-0.1, -0.05) is 66.7 Å². The van der Waals surface area contributed by atoms with Crippen LogP contribution in [0.3, 0.4) is 0 Å². The van der Waals surface area contributed by atoms with Gasteiger partial charge in [-0.2, -0.15) is 0 Å². The summed E-state index contributed by atoms with van der Waals surface area (Å²) in [6.07, 6.45) is 10.1. The topological polar surface area (TPSA) is 50.4 Å². The van der Waals surface area contributed by atoms with Gasteiger partial charge in [-0.15, -0.1) is 0 Å². The van der Waals surface area contributed by atoms with Crippen LogP contribution in [0.1, 0.15) is 111 Å². The summed E-state index contributed by atoms with van der Waals surface area (Å²) in [6, 6.07) is 8.69. The van der Waals surface area contributed by atoms with Crippen molar-refractivity contribution in [1.82, 2.24) is 0 Å². The number of carboxylic acid groups (broad SMARTS) is 1. The molecule has 0 bridgehead atoms. The first kappa shape index (κ1) is 26.1. The third kappa shape index (κ3) is 2.99. The molecule has 0 saturated heterocycles. The molecule has 1 aromatic heterocycles. The maximum atomic E-state index is 13.0. The van der Waals surface area contributed by atoms with Crippen molar-refractivity contribution in [3.8, 4) is 0 Å². The Balaban J connectivity index is 1.33. The minimum atomic E-state index is -0.492. The zero-order chi connectivity index (χ0) is 27.8. The van der Waals surface area contributed by atoms with Gasteiger partial charge in [0.15, 0.2) is 0 Å². The van der Waals surface area contributed by atoms with Gasteiger partial charge in [0.05, 0.1) is 5.41 Å². The van der Waals surface area contributed by atoms with Crippen LogP contribution in [0.5, 0.6) is 0 Å². The molecule has 2 aromatic rings. The molecule has 0 unspecified atom stereocenters. The van der Waals surface area contributed by atoms with E-state index in [1.807, 2.05) is 0 Å². The summed E-state index contributed by atoms with van der Waals surface area (Å²) in [4.78, 5) is 13.0. The molecule has 4 fully saturated rings. The van der Waals surface area contributed by atoms with Gasteiger partial charge in [0.1, 0.15) is 11.3 Å². The predicted molar refractivity (Wildman–Crippen MR) is 157 cm³/mol. The van der Waals surface area contributed by atoms with Gasteiger partial charge >= 0.3 is 5.97 Å². The molecule has 1 N–H and O–H groups in total. The van der Waals surface area contributed by atoms with Gasteiger partial charge in [-0.05, 0) is 116 Å². The summed E-state index contributed by atoms with van der Waals surface area (Å²) in [6.45, 7) is 17.6. The number of benzene rings is 1. The third-order valence-corrected chi connectivity index (χ3v) is 14.7. The molecule has 0 radical (unpaired) electrons. The van der Waals surface area contributed by atoms with Crippen LogP contribution in [0.25, 0.3) is 11.0 Å². The first-order valence-corrected chi connectivity index (χ1v) is 16.1. The fourth-order valence-corrected chi connectivity index (χ4v) is 12.9. The Morgan fingerprint density at radius 3 is 2.36 bits per heavy atom. The van der Waals surface area contributed by atoms with Crippen LogP contribution in [-0.2, 0) is 16.6 Å². The van der Waals surface area contributed by atoms with E-state index >= 15 is 0 Å². The van der Waals surface area contributed by atoms with E-state index in [0.29, 0.717) is 35.5 Å². The number of hydrogen-bond donors (Lipinski definition) is 1. The Morgan fingerprint density at radius 1 is 0.897 bits per heavy atom. The number of aliphatic carboxylic acids is 1. The summed E-state index contributed by atoms with van der Waals surface area (Å²) in [5.41, 5.74) is 2.71. The Kier molecular flexibility index (Phi) is 5.33. The van der Waals surface area contributed by atoms with Gasteiger partial charge in [-0.25, -0.2) is 0 Å². The Bertz CT molecular complexity index is 1330. The number of fused-ring (bicyclic) bond motifs is 10. The van der Waals surface area contributed by atoms with Crippen molar-refractivity contribution in [2.75, 3.05) is 0 Å². The summed E-state index contributed by atoms with van der Waals surface area (Å²) in [5, 5.41) is 12.0. The van der Waals surface area contributed by atoms with E-state index < -0.39 is 11.4 Å². The largest absolute Gasteiger partial charge is 0.481 e. The molecule has 0 spiro atoms. The van der Waals surface area contributed by atoms with Crippen molar-refractivity contribution in [1.29, 1.82) is 0 Å². The highest BCUT2D eigenvalue weighted by Crippen LogP contribution is 2.77. The van der Waals surface area contributed by atoms with E-state index in [0.717, 1.165) is 37.7 Å². The van der Waals surface area contributed by atoms with Gasteiger partial charge in [0.2, 0.25) is 0 Å². The molecule has 1 aromatic carbocycles.